The predicted octanol–water partition coefficient (Wildman–Crippen LogP) is 1.49. The maximum atomic E-state index is 12.8. The monoisotopic (exact) mass is 419 g/mol. The fourth-order valence-electron chi connectivity index (χ4n) is 2.67. The summed E-state index contributed by atoms with van der Waals surface area (Å²) in [5.74, 6) is -1.49. The van der Waals surface area contributed by atoms with Crippen molar-refractivity contribution in [2.45, 2.75) is 31.8 Å². The third-order valence-electron chi connectivity index (χ3n) is 4.17. The van der Waals surface area contributed by atoms with Gasteiger partial charge in [-0.05, 0) is 25.3 Å². The summed E-state index contributed by atoms with van der Waals surface area (Å²) in [5, 5.41) is 6.11. The SMILES string of the molecule is COC[C@H](NC(=O)[C@H](CCc1ccccc1)NC(=O)c1cnc(C)s1)C(=O)OC. The molecule has 9 heteroatoms. The topological polar surface area (TPSA) is 107 Å². The minimum atomic E-state index is -0.959. The van der Waals surface area contributed by atoms with Crippen molar-refractivity contribution in [2.24, 2.45) is 0 Å². The Hall–Kier alpha value is -2.78. The molecule has 29 heavy (non-hydrogen) atoms. The number of carbonyl (C=O) groups excluding carboxylic acids is 3. The first kappa shape index (κ1) is 22.5. The zero-order chi connectivity index (χ0) is 21.2. The highest BCUT2D eigenvalue weighted by molar-refractivity contribution is 7.13. The predicted molar refractivity (Wildman–Crippen MR) is 109 cm³/mol. The lowest BCUT2D eigenvalue weighted by Gasteiger charge is -2.22. The van der Waals surface area contributed by atoms with Crippen LogP contribution in [0.2, 0.25) is 0 Å². The standard InChI is InChI=1S/C20H25N3O5S/c1-13-21-11-17(29-13)19(25)22-15(10-9-14-7-5-4-6-8-14)18(24)23-16(12-27-2)20(26)28-3/h4-8,11,15-16H,9-10,12H2,1-3H3,(H,22,25)(H,23,24)/t15-,16-/m0/s1. The summed E-state index contributed by atoms with van der Waals surface area (Å²) in [4.78, 5) is 41.8. The number of thiazole rings is 1. The van der Waals surface area contributed by atoms with E-state index in [4.69, 9.17) is 9.47 Å². The summed E-state index contributed by atoms with van der Waals surface area (Å²) in [7, 11) is 2.65. The highest BCUT2D eigenvalue weighted by Crippen LogP contribution is 2.13. The van der Waals surface area contributed by atoms with Crippen LogP contribution in [-0.2, 0) is 25.5 Å². The molecule has 0 fully saturated rings. The zero-order valence-corrected chi connectivity index (χ0v) is 17.5. The van der Waals surface area contributed by atoms with Crippen molar-refractivity contribution in [2.75, 3.05) is 20.8 Å². The lowest BCUT2D eigenvalue weighted by Crippen LogP contribution is -2.53. The summed E-state index contributed by atoms with van der Waals surface area (Å²) < 4.78 is 9.68. The number of hydrogen-bond donors (Lipinski definition) is 2. The van der Waals surface area contributed by atoms with Crippen LogP contribution in [0.5, 0.6) is 0 Å². The molecule has 2 N–H and O–H groups in total. The third kappa shape index (κ3) is 6.95. The van der Waals surface area contributed by atoms with E-state index in [1.54, 1.807) is 6.92 Å². The third-order valence-corrected chi connectivity index (χ3v) is 5.08. The molecule has 1 aromatic heterocycles. The van der Waals surface area contributed by atoms with Gasteiger partial charge in [-0.15, -0.1) is 11.3 Å². The summed E-state index contributed by atoms with van der Waals surface area (Å²) >= 11 is 1.25. The number of ether oxygens (including phenoxy) is 2. The molecule has 0 radical (unpaired) electrons. The Morgan fingerprint density at radius 2 is 1.83 bits per heavy atom. The molecule has 1 aromatic carbocycles. The van der Waals surface area contributed by atoms with Crippen molar-refractivity contribution in [1.82, 2.24) is 15.6 Å². The van der Waals surface area contributed by atoms with E-state index in [0.717, 1.165) is 10.6 Å². The van der Waals surface area contributed by atoms with Gasteiger partial charge in [-0.3, -0.25) is 9.59 Å². The van der Waals surface area contributed by atoms with Crippen molar-refractivity contribution in [1.29, 1.82) is 0 Å². The van der Waals surface area contributed by atoms with E-state index in [9.17, 15) is 14.4 Å². The van der Waals surface area contributed by atoms with Gasteiger partial charge in [0.1, 0.15) is 10.9 Å². The second-order valence-electron chi connectivity index (χ2n) is 6.33. The Kier molecular flexibility index (Phi) is 8.75. The molecule has 0 aliphatic heterocycles. The van der Waals surface area contributed by atoms with E-state index in [1.807, 2.05) is 30.3 Å². The minimum Gasteiger partial charge on any atom is -0.467 e. The molecule has 0 aliphatic rings. The van der Waals surface area contributed by atoms with Crippen molar-refractivity contribution in [3.8, 4) is 0 Å². The van der Waals surface area contributed by atoms with Gasteiger partial charge in [0.2, 0.25) is 5.91 Å². The Labute approximate surface area is 173 Å². The number of nitrogens with zero attached hydrogens (tertiary/aromatic N) is 1. The van der Waals surface area contributed by atoms with Gasteiger partial charge >= 0.3 is 5.97 Å². The molecule has 156 valence electrons. The van der Waals surface area contributed by atoms with Crippen molar-refractivity contribution in [3.63, 3.8) is 0 Å². The number of nitrogens with one attached hydrogen (secondary N) is 2. The number of aryl methyl sites for hydroxylation is 2. The van der Waals surface area contributed by atoms with Gasteiger partial charge in [-0.25, -0.2) is 9.78 Å². The number of esters is 1. The van der Waals surface area contributed by atoms with E-state index >= 15 is 0 Å². The largest absolute Gasteiger partial charge is 0.467 e. The van der Waals surface area contributed by atoms with Crippen LogP contribution in [0.25, 0.3) is 0 Å². The van der Waals surface area contributed by atoms with Crippen molar-refractivity contribution >= 4 is 29.1 Å². The molecular weight excluding hydrogens is 394 g/mol. The first-order valence-electron chi connectivity index (χ1n) is 9.09. The molecule has 2 aromatic rings. The quantitative estimate of drug-likeness (QED) is 0.565. The van der Waals surface area contributed by atoms with Crippen LogP contribution in [0.4, 0.5) is 0 Å². The number of rotatable bonds is 10. The highest BCUT2D eigenvalue weighted by atomic mass is 32.1. The summed E-state index contributed by atoms with van der Waals surface area (Å²) in [5.41, 5.74) is 1.04. The average molecular weight is 420 g/mol. The normalized spacial score (nSPS) is 12.7. The van der Waals surface area contributed by atoms with Crippen LogP contribution in [0.1, 0.15) is 26.7 Å². The van der Waals surface area contributed by atoms with Crippen LogP contribution >= 0.6 is 11.3 Å². The molecule has 2 amide bonds. The maximum absolute atomic E-state index is 12.8. The van der Waals surface area contributed by atoms with Gasteiger partial charge in [-0.1, -0.05) is 30.3 Å². The summed E-state index contributed by atoms with van der Waals surface area (Å²) in [6.45, 7) is 1.76. The average Bonchev–Trinajstić information content (AvgIpc) is 3.17. The summed E-state index contributed by atoms with van der Waals surface area (Å²) in [6, 6.07) is 7.84. The fourth-order valence-corrected chi connectivity index (χ4v) is 3.35. The second kappa shape index (κ2) is 11.3. The smallest absolute Gasteiger partial charge is 0.330 e. The molecule has 0 saturated carbocycles. The molecule has 0 bridgehead atoms. The molecular formula is C20H25N3O5S. The number of hydrogen-bond acceptors (Lipinski definition) is 7. The van der Waals surface area contributed by atoms with Crippen LogP contribution < -0.4 is 10.6 Å². The lowest BCUT2D eigenvalue weighted by atomic mass is 10.0. The van der Waals surface area contributed by atoms with Crippen LogP contribution in [0, 0.1) is 6.92 Å². The number of methoxy groups -OCH3 is 2. The molecule has 2 atom stereocenters. The molecule has 1 heterocycles. The second-order valence-corrected chi connectivity index (χ2v) is 7.57. The van der Waals surface area contributed by atoms with E-state index in [2.05, 4.69) is 15.6 Å². The molecule has 0 saturated heterocycles. The van der Waals surface area contributed by atoms with E-state index in [0.29, 0.717) is 17.7 Å². The minimum absolute atomic E-state index is 0.0359. The van der Waals surface area contributed by atoms with Crippen LogP contribution in [-0.4, -0.2) is 55.7 Å². The van der Waals surface area contributed by atoms with Crippen molar-refractivity contribution in [3.05, 3.63) is 52.0 Å². The van der Waals surface area contributed by atoms with Crippen LogP contribution in [0.15, 0.2) is 36.5 Å². The molecule has 0 spiro atoms. The summed E-state index contributed by atoms with van der Waals surface area (Å²) in [6.07, 6.45) is 2.41. The Morgan fingerprint density at radius 1 is 1.10 bits per heavy atom. The van der Waals surface area contributed by atoms with E-state index < -0.39 is 24.0 Å². The Bertz CT molecular complexity index is 825. The molecule has 2 rings (SSSR count). The van der Waals surface area contributed by atoms with Gasteiger partial charge in [0.05, 0.1) is 24.9 Å². The van der Waals surface area contributed by atoms with Gasteiger partial charge < -0.3 is 20.1 Å². The zero-order valence-electron chi connectivity index (χ0n) is 16.6. The number of benzene rings is 1. The molecule has 0 aliphatic carbocycles. The van der Waals surface area contributed by atoms with Gasteiger partial charge in [0.25, 0.3) is 5.91 Å². The maximum Gasteiger partial charge on any atom is 0.330 e. The number of amides is 2. The fraction of sp³-hybridized carbons (Fsp3) is 0.400. The lowest BCUT2D eigenvalue weighted by molar-refractivity contribution is -0.146. The van der Waals surface area contributed by atoms with Gasteiger partial charge in [-0.2, -0.15) is 0 Å². The highest BCUT2D eigenvalue weighted by Gasteiger charge is 2.28. The van der Waals surface area contributed by atoms with Crippen molar-refractivity contribution < 1.29 is 23.9 Å². The first-order chi connectivity index (χ1) is 13.9. The Morgan fingerprint density at radius 3 is 2.41 bits per heavy atom. The number of carbonyl (C=O) groups is 3. The first-order valence-corrected chi connectivity index (χ1v) is 9.90. The Balaban J connectivity index is 2.12. The number of aromatic nitrogens is 1. The van der Waals surface area contributed by atoms with Gasteiger partial charge in [0.15, 0.2) is 6.04 Å². The molecule has 0 unspecified atom stereocenters. The molecule has 8 nitrogen and oxygen atoms in total. The van der Waals surface area contributed by atoms with E-state index in [1.165, 1.54) is 31.8 Å². The van der Waals surface area contributed by atoms with Crippen LogP contribution in [0.3, 0.4) is 0 Å². The van der Waals surface area contributed by atoms with Gasteiger partial charge in [0, 0.05) is 7.11 Å². The van der Waals surface area contributed by atoms with E-state index in [-0.39, 0.29) is 12.5 Å².